The van der Waals surface area contributed by atoms with E-state index in [1.165, 1.54) is 0 Å². The smallest absolute Gasteiger partial charge is 0.252 e. The predicted octanol–water partition coefficient (Wildman–Crippen LogP) is 4.13. The number of aryl methyl sites for hydroxylation is 1. The molecule has 5 rings (SSSR count). The summed E-state index contributed by atoms with van der Waals surface area (Å²) in [6, 6.07) is 16.9. The molecule has 0 radical (unpaired) electrons. The highest BCUT2D eigenvalue weighted by Crippen LogP contribution is 2.31. The van der Waals surface area contributed by atoms with Crippen LogP contribution >= 0.6 is 0 Å². The second kappa shape index (κ2) is 9.43. The largest absolute Gasteiger partial charge is 0.394 e. The SMILES string of the molecule is Cc1cc(-c2cnc(Nc3ccc4c(c3)C(=O)NC(C)(C)C4)nc2N[C@H](CO)c2ccccc2)n[nH]1. The van der Waals surface area contributed by atoms with Crippen molar-refractivity contribution in [3.8, 4) is 11.3 Å². The van der Waals surface area contributed by atoms with Gasteiger partial charge in [-0.25, -0.2) is 4.98 Å². The van der Waals surface area contributed by atoms with Crippen molar-refractivity contribution < 1.29 is 9.90 Å². The number of aromatic nitrogens is 4. The molecule has 9 heteroatoms. The van der Waals surface area contributed by atoms with Crippen LogP contribution in [-0.4, -0.2) is 43.3 Å². The molecular formula is C27H29N7O2. The standard InChI is InChI=1S/C27H29N7O2/c1-16-11-22(34-33-16)21-14-28-26(31-24(21)30-23(15-35)17-7-5-4-6-8-17)29-19-10-9-18-13-27(2,3)32-25(36)20(18)12-19/h4-12,14,23,35H,13,15H2,1-3H3,(H,32,36)(H,33,34)(H2,28,29,30,31)/t23-/m1/s1. The quantitative estimate of drug-likeness (QED) is 0.267. The van der Waals surface area contributed by atoms with Gasteiger partial charge in [-0.2, -0.15) is 10.1 Å². The average molecular weight is 484 g/mol. The number of anilines is 3. The van der Waals surface area contributed by atoms with Crippen LogP contribution < -0.4 is 16.0 Å². The number of benzene rings is 2. The van der Waals surface area contributed by atoms with E-state index < -0.39 is 0 Å². The molecule has 9 nitrogen and oxygen atoms in total. The lowest BCUT2D eigenvalue weighted by molar-refractivity contribution is 0.0897. The highest BCUT2D eigenvalue weighted by atomic mass is 16.3. The number of rotatable bonds is 7. The second-order valence-electron chi connectivity index (χ2n) is 9.69. The number of amides is 1. The molecule has 0 fully saturated rings. The summed E-state index contributed by atoms with van der Waals surface area (Å²) in [5, 5.41) is 27.0. The summed E-state index contributed by atoms with van der Waals surface area (Å²) in [4.78, 5) is 21.9. The minimum Gasteiger partial charge on any atom is -0.394 e. The van der Waals surface area contributed by atoms with Gasteiger partial charge in [-0.3, -0.25) is 9.89 Å². The van der Waals surface area contributed by atoms with Gasteiger partial charge in [0.15, 0.2) is 0 Å². The van der Waals surface area contributed by atoms with Crippen LogP contribution in [-0.2, 0) is 6.42 Å². The fourth-order valence-electron chi connectivity index (χ4n) is 4.42. The average Bonchev–Trinajstić information content (AvgIpc) is 3.29. The molecule has 1 atom stereocenters. The minimum atomic E-state index is -0.372. The van der Waals surface area contributed by atoms with Gasteiger partial charge >= 0.3 is 0 Å². The van der Waals surface area contributed by atoms with Gasteiger partial charge in [-0.1, -0.05) is 36.4 Å². The summed E-state index contributed by atoms with van der Waals surface area (Å²) in [7, 11) is 0. The Kier molecular flexibility index (Phi) is 6.15. The summed E-state index contributed by atoms with van der Waals surface area (Å²) in [5.41, 5.74) is 5.33. The van der Waals surface area contributed by atoms with E-state index in [-0.39, 0.29) is 24.1 Å². The number of hydrogen-bond acceptors (Lipinski definition) is 7. The van der Waals surface area contributed by atoms with Crippen LogP contribution in [0.3, 0.4) is 0 Å². The molecule has 4 aromatic rings. The van der Waals surface area contributed by atoms with Crippen LogP contribution in [0.15, 0.2) is 60.8 Å². The first-order chi connectivity index (χ1) is 17.3. The molecule has 1 aliphatic heterocycles. The Morgan fingerprint density at radius 3 is 2.64 bits per heavy atom. The molecule has 1 aliphatic rings. The Bertz CT molecular complexity index is 1400. The topological polar surface area (TPSA) is 128 Å². The lowest BCUT2D eigenvalue weighted by Crippen LogP contribution is -2.49. The number of carbonyl (C=O) groups excluding carboxylic acids is 1. The van der Waals surface area contributed by atoms with Crippen LogP contribution in [0.4, 0.5) is 17.5 Å². The van der Waals surface area contributed by atoms with Gasteiger partial charge in [-0.15, -0.1) is 0 Å². The number of hydrogen-bond donors (Lipinski definition) is 5. The number of nitrogens with zero attached hydrogens (tertiary/aromatic N) is 3. The van der Waals surface area contributed by atoms with Gasteiger partial charge < -0.3 is 21.1 Å². The first kappa shape index (κ1) is 23.5. The maximum absolute atomic E-state index is 12.6. The van der Waals surface area contributed by atoms with Crippen LogP contribution in [0.25, 0.3) is 11.3 Å². The Balaban J connectivity index is 1.47. The van der Waals surface area contributed by atoms with Crippen molar-refractivity contribution in [2.75, 3.05) is 17.2 Å². The molecule has 2 aromatic carbocycles. The minimum absolute atomic E-state index is 0.0916. The van der Waals surface area contributed by atoms with Crippen LogP contribution in [0, 0.1) is 6.92 Å². The lowest BCUT2D eigenvalue weighted by Gasteiger charge is -2.32. The third-order valence-corrected chi connectivity index (χ3v) is 6.16. The number of aromatic amines is 1. The van der Waals surface area contributed by atoms with Crippen molar-refractivity contribution in [2.45, 2.75) is 38.8 Å². The summed E-state index contributed by atoms with van der Waals surface area (Å²) in [6.07, 6.45) is 2.46. The van der Waals surface area contributed by atoms with Gasteiger partial charge in [0.05, 0.1) is 23.9 Å². The number of aliphatic hydroxyl groups is 1. The Morgan fingerprint density at radius 1 is 1.11 bits per heavy atom. The fraction of sp³-hybridized carbons (Fsp3) is 0.259. The van der Waals surface area contributed by atoms with Crippen molar-refractivity contribution in [2.24, 2.45) is 0 Å². The third kappa shape index (κ3) is 4.92. The molecule has 0 spiro atoms. The summed E-state index contributed by atoms with van der Waals surface area (Å²) in [6.45, 7) is 5.83. The normalized spacial score (nSPS) is 15.1. The van der Waals surface area contributed by atoms with Crippen molar-refractivity contribution >= 4 is 23.4 Å². The molecule has 1 amide bonds. The molecule has 2 aromatic heterocycles. The molecular weight excluding hydrogens is 454 g/mol. The van der Waals surface area contributed by atoms with Crippen LogP contribution in [0.2, 0.25) is 0 Å². The molecule has 3 heterocycles. The van der Waals surface area contributed by atoms with E-state index in [0.717, 1.165) is 23.2 Å². The highest BCUT2D eigenvalue weighted by molar-refractivity contribution is 5.98. The first-order valence-corrected chi connectivity index (χ1v) is 11.9. The van der Waals surface area contributed by atoms with E-state index in [1.54, 1.807) is 6.20 Å². The van der Waals surface area contributed by atoms with E-state index in [9.17, 15) is 9.90 Å². The number of fused-ring (bicyclic) bond motifs is 1. The molecule has 0 saturated heterocycles. The van der Waals surface area contributed by atoms with E-state index in [0.29, 0.717) is 34.3 Å². The van der Waals surface area contributed by atoms with E-state index in [1.807, 2.05) is 75.4 Å². The number of aliphatic hydroxyl groups excluding tert-OH is 1. The zero-order chi connectivity index (χ0) is 25.3. The van der Waals surface area contributed by atoms with Crippen LogP contribution in [0.1, 0.15) is 47.1 Å². The Labute approximate surface area is 209 Å². The van der Waals surface area contributed by atoms with E-state index in [2.05, 4.69) is 31.1 Å². The first-order valence-electron chi connectivity index (χ1n) is 11.9. The van der Waals surface area contributed by atoms with Crippen LogP contribution in [0.5, 0.6) is 0 Å². The number of H-pyrrole nitrogens is 1. The molecule has 36 heavy (non-hydrogen) atoms. The van der Waals surface area contributed by atoms with Crippen molar-refractivity contribution in [1.29, 1.82) is 0 Å². The molecule has 184 valence electrons. The molecule has 5 N–H and O–H groups in total. The Morgan fingerprint density at radius 2 is 1.92 bits per heavy atom. The summed E-state index contributed by atoms with van der Waals surface area (Å²) < 4.78 is 0. The molecule has 0 aliphatic carbocycles. The highest BCUT2D eigenvalue weighted by Gasteiger charge is 2.30. The predicted molar refractivity (Wildman–Crippen MR) is 139 cm³/mol. The number of nitrogens with one attached hydrogen (secondary N) is 4. The van der Waals surface area contributed by atoms with Gasteiger partial charge in [0.2, 0.25) is 5.95 Å². The van der Waals surface area contributed by atoms with Crippen molar-refractivity contribution in [3.63, 3.8) is 0 Å². The maximum Gasteiger partial charge on any atom is 0.252 e. The second-order valence-corrected chi connectivity index (χ2v) is 9.69. The third-order valence-electron chi connectivity index (χ3n) is 6.16. The molecule has 0 unspecified atom stereocenters. The van der Waals surface area contributed by atoms with Gasteiger partial charge in [-0.05, 0) is 56.5 Å². The molecule has 0 bridgehead atoms. The van der Waals surface area contributed by atoms with Gasteiger partial charge in [0.25, 0.3) is 5.91 Å². The number of carbonyl (C=O) groups is 1. The summed E-state index contributed by atoms with van der Waals surface area (Å²) in [5.74, 6) is 0.792. The zero-order valence-corrected chi connectivity index (χ0v) is 20.5. The van der Waals surface area contributed by atoms with E-state index in [4.69, 9.17) is 4.98 Å². The maximum atomic E-state index is 12.6. The van der Waals surface area contributed by atoms with E-state index >= 15 is 0 Å². The monoisotopic (exact) mass is 483 g/mol. The van der Waals surface area contributed by atoms with Crippen molar-refractivity contribution in [1.82, 2.24) is 25.5 Å². The summed E-state index contributed by atoms with van der Waals surface area (Å²) >= 11 is 0. The Hall–Kier alpha value is -4.24. The zero-order valence-electron chi connectivity index (χ0n) is 20.5. The van der Waals surface area contributed by atoms with Crippen molar-refractivity contribution in [3.05, 3.63) is 83.2 Å². The van der Waals surface area contributed by atoms with Gasteiger partial charge in [0, 0.05) is 28.7 Å². The molecule has 0 saturated carbocycles. The van der Waals surface area contributed by atoms with Gasteiger partial charge in [0.1, 0.15) is 5.82 Å². The lowest BCUT2D eigenvalue weighted by atomic mass is 9.87. The fourth-order valence-corrected chi connectivity index (χ4v) is 4.42.